The summed E-state index contributed by atoms with van der Waals surface area (Å²) < 4.78 is 16.7. The van der Waals surface area contributed by atoms with E-state index in [1.54, 1.807) is 0 Å². The van der Waals surface area contributed by atoms with Crippen LogP contribution in [0.1, 0.15) is 239 Å². The second-order valence-corrected chi connectivity index (χ2v) is 15.7. The van der Waals surface area contributed by atoms with Crippen molar-refractivity contribution < 1.29 is 28.6 Å². The molecule has 0 fully saturated rings. The van der Waals surface area contributed by atoms with Gasteiger partial charge in [-0.1, -0.05) is 198 Å². The minimum absolute atomic E-state index is 0.0915. The third kappa shape index (κ3) is 42.6. The molecule has 0 amide bonds. The van der Waals surface area contributed by atoms with E-state index in [1.165, 1.54) is 135 Å². The van der Waals surface area contributed by atoms with Gasteiger partial charge in [-0.15, -0.1) is 0 Å². The molecule has 320 valence electrons. The van der Waals surface area contributed by atoms with Gasteiger partial charge >= 0.3 is 17.9 Å². The van der Waals surface area contributed by atoms with E-state index in [1.807, 2.05) is 6.08 Å². The molecule has 0 saturated heterocycles. The highest BCUT2D eigenvalue weighted by Crippen LogP contribution is 2.14. The lowest BCUT2D eigenvalue weighted by atomic mass is 10.0. The van der Waals surface area contributed by atoms with Crippen LogP contribution in [0, 0.1) is 0 Å². The van der Waals surface area contributed by atoms with Gasteiger partial charge in [0, 0.05) is 19.3 Å². The maximum absolute atomic E-state index is 12.7. The van der Waals surface area contributed by atoms with Crippen LogP contribution < -0.4 is 0 Å². The Balaban J connectivity index is 4.44. The van der Waals surface area contributed by atoms with E-state index < -0.39 is 6.10 Å². The molecule has 1 atom stereocenters. The lowest BCUT2D eigenvalue weighted by Crippen LogP contribution is -2.30. The molecule has 0 radical (unpaired) electrons. The fraction of sp³-hybridized carbons (Fsp3) is 0.816. The third-order valence-corrected chi connectivity index (χ3v) is 10.1. The molecule has 0 N–H and O–H groups in total. The topological polar surface area (TPSA) is 78.9 Å². The van der Waals surface area contributed by atoms with Gasteiger partial charge in [0.1, 0.15) is 13.2 Å². The van der Waals surface area contributed by atoms with Crippen molar-refractivity contribution in [2.75, 3.05) is 13.2 Å². The highest BCUT2D eigenvalue weighted by Gasteiger charge is 2.19. The minimum atomic E-state index is -0.792. The van der Waals surface area contributed by atoms with Crippen molar-refractivity contribution >= 4 is 17.9 Å². The highest BCUT2D eigenvalue weighted by atomic mass is 16.6. The van der Waals surface area contributed by atoms with Crippen LogP contribution in [0.15, 0.2) is 36.5 Å². The number of unbranched alkanes of at least 4 members (excludes halogenated alkanes) is 25. The summed E-state index contributed by atoms with van der Waals surface area (Å²) in [7, 11) is 0. The molecule has 0 aromatic rings. The second kappa shape index (κ2) is 44.3. The summed E-state index contributed by atoms with van der Waals surface area (Å²) in [6, 6.07) is 0. The predicted molar refractivity (Wildman–Crippen MR) is 233 cm³/mol. The van der Waals surface area contributed by atoms with Crippen LogP contribution in [0.3, 0.4) is 0 Å². The first-order valence-electron chi connectivity index (χ1n) is 23.5. The van der Waals surface area contributed by atoms with Crippen molar-refractivity contribution in [1.29, 1.82) is 0 Å². The van der Waals surface area contributed by atoms with Gasteiger partial charge < -0.3 is 14.2 Å². The number of hydrogen-bond donors (Lipinski definition) is 0. The van der Waals surface area contributed by atoms with Gasteiger partial charge in [0.2, 0.25) is 0 Å². The fourth-order valence-corrected chi connectivity index (χ4v) is 6.53. The zero-order chi connectivity index (χ0) is 40.1. The number of esters is 3. The molecule has 0 aliphatic rings. The molecule has 0 aliphatic carbocycles. The molecular weight excluding hydrogens is 685 g/mol. The zero-order valence-electron chi connectivity index (χ0n) is 36.4. The summed E-state index contributed by atoms with van der Waals surface area (Å²) in [6.07, 6.45) is 49.9. The first kappa shape index (κ1) is 52.6. The molecule has 55 heavy (non-hydrogen) atoms. The molecule has 0 spiro atoms. The lowest BCUT2D eigenvalue weighted by molar-refractivity contribution is -0.166. The molecule has 0 saturated carbocycles. The van der Waals surface area contributed by atoms with Crippen LogP contribution >= 0.6 is 0 Å². The van der Waals surface area contributed by atoms with Crippen LogP contribution in [-0.4, -0.2) is 37.2 Å². The van der Waals surface area contributed by atoms with Gasteiger partial charge in [-0.05, 0) is 57.8 Å². The van der Waals surface area contributed by atoms with E-state index in [-0.39, 0.29) is 37.5 Å². The molecule has 0 aromatic heterocycles. The second-order valence-electron chi connectivity index (χ2n) is 15.7. The maximum atomic E-state index is 12.7. The average molecular weight is 773 g/mol. The molecule has 0 heterocycles. The predicted octanol–water partition coefficient (Wildman–Crippen LogP) is 15.0. The van der Waals surface area contributed by atoms with Crippen molar-refractivity contribution in [3.05, 3.63) is 36.5 Å². The van der Waals surface area contributed by atoms with Gasteiger partial charge in [0.05, 0.1) is 0 Å². The Bertz CT molecular complexity index is 938. The van der Waals surface area contributed by atoms with Crippen LogP contribution in [0.2, 0.25) is 0 Å². The Labute approximate surface area is 340 Å². The average Bonchev–Trinajstić information content (AvgIpc) is 3.18. The standard InChI is InChI=1S/C49H88O6/c1-4-7-10-13-16-19-22-24-27-30-33-36-39-42-48(51)54-45-46(44-53-47(50)41-38-35-32-29-26-21-18-15-12-9-6-3)55-49(52)43-40-37-34-31-28-25-23-20-17-14-11-8-5-2/h15,18,24,27,33,36,46H,4-14,16-17,19-23,25-26,28-32,34-35,37-45H2,1-3H3/b18-15-,27-24-,36-33-. The smallest absolute Gasteiger partial charge is 0.306 e. The van der Waals surface area contributed by atoms with Crippen LogP contribution in [-0.2, 0) is 28.6 Å². The number of hydrogen-bond acceptors (Lipinski definition) is 6. The molecule has 0 aliphatic heterocycles. The van der Waals surface area contributed by atoms with Gasteiger partial charge in [-0.3, -0.25) is 14.4 Å². The Morgan fingerprint density at radius 2 is 0.709 bits per heavy atom. The van der Waals surface area contributed by atoms with E-state index in [0.29, 0.717) is 19.3 Å². The zero-order valence-corrected chi connectivity index (χ0v) is 36.4. The first-order chi connectivity index (χ1) is 27.0. The fourth-order valence-electron chi connectivity index (χ4n) is 6.53. The maximum Gasteiger partial charge on any atom is 0.306 e. The van der Waals surface area contributed by atoms with Crippen molar-refractivity contribution in [1.82, 2.24) is 0 Å². The van der Waals surface area contributed by atoms with Crippen molar-refractivity contribution in [2.45, 2.75) is 245 Å². The summed E-state index contributed by atoms with van der Waals surface area (Å²) in [6.45, 7) is 6.53. The minimum Gasteiger partial charge on any atom is -0.462 e. The van der Waals surface area contributed by atoms with E-state index in [9.17, 15) is 14.4 Å². The number of allylic oxidation sites excluding steroid dienone is 6. The van der Waals surface area contributed by atoms with Crippen LogP contribution in [0.5, 0.6) is 0 Å². The van der Waals surface area contributed by atoms with Crippen LogP contribution in [0.25, 0.3) is 0 Å². The van der Waals surface area contributed by atoms with Crippen molar-refractivity contribution in [2.24, 2.45) is 0 Å². The molecule has 1 unspecified atom stereocenters. The van der Waals surface area contributed by atoms with Gasteiger partial charge in [0.15, 0.2) is 6.10 Å². The highest BCUT2D eigenvalue weighted by molar-refractivity contribution is 5.71. The third-order valence-electron chi connectivity index (χ3n) is 10.1. The Kier molecular flexibility index (Phi) is 42.4. The normalized spacial score (nSPS) is 12.3. The molecule has 0 aromatic carbocycles. The van der Waals surface area contributed by atoms with Crippen LogP contribution in [0.4, 0.5) is 0 Å². The summed E-state index contributed by atoms with van der Waals surface area (Å²) in [4.78, 5) is 37.7. The monoisotopic (exact) mass is 773 g/mol. The SMILES string of the molecule is CCCC/C=C\CCCCCCCC(=O)OCC(COC(=O)CC/C=C\C/C=C\CCCCCCCC)OC(=O)CCCCCCCCCCCCCCC. The van der Waals surface area contributed by atoms with E-state index in [0.717, 1.165) is 57.8 Å². The quantitative estimate of drug-likeness (QED) is 0.0266. The molecule has 0 rings (SSSR count). The molecule has 0 bridgehead atoms. The number of carbonyl (C=O) groups excluding carboxylic acids is 3. The number of carbonyl (C=O) groups is 3. The number of rotatable bonds is 42. The summed E-state index contributed by atoms with van der Waals surface area (Å²) in [5.41, 5.74) is 0. The van der Waals surface area contributed by atoms with Crippen molar-refractivity contribution in [3.63, 3.8) is 0 Å². The van der Waals surface area contributed by atoms with E-state index in [4.69, 9.17) is 14.2 Å². The lowest BCUT2D eigenvalue weighted by Gasteiger charge is -2.18. The molecular formula is C49H88O6. The first-order valence-corrected chi connectivity index (χ1v) is 23.5. The molecule has 6 nitrogen and oxygen atoms in total. The van der Waals surface area contributed by atoms with Gasteiger partial charge in [0.25, 0.3) is 0 Å². The Morgan fingerprint density at radius 3 is 1.18 bits per heavy atom. The molecule has 6 heteroatoms. The van der Waals surface area contributed by atoms with E-state index in [2.05, 4.69) is 51.2 Å². The van der Waals surface area contributed by atoms with E-state index >= 15 is 0 Å². The summed E-state index contributed by atoms with van der Waals surface area (Å²) in [5, 5.41) is 0. The summed E-state index contributed by atoms with van der Waals surface area (Å²) in [5.74, 6) is -0.967. The Morgan fingerprint density at radius 1 is 0.364 bits per heavy atom. The summed E-state index contributed by atoms with van der Waals surface area (Å²) >= 11 is 0. The van der Waals surface area contributed by atoms with Gasteiger partial charge in [-0.25, -0.2) is 0 Å². The largest absolute Gasteiger partial charge is 0.462 e. The Hall–Kier alpha value is -2.37. The number of ether oxygens (including phenoxy) is 3. The van der Waals surface area contributed by atoms with Crippen molar-refractivity contribution in [3.8, 4) is 0 Å². The van der Waals surface area contributed by atoms with Gasteiger partial charge in [-0.2, -0.15) is 0 Å².